The summed E-state index contributed by atoms with van der Waals surface area (Å²) in [5.41, 5.74) is 2.10. The van der Waals surface area contributed by atoms with Crippen LogP contribution in [0.3, 0.4) is 0 Å². The smallest absolute Gasteiger partial charge is 0.101 e. The number of thioether (sulfide) groups is 1. The first-order valence-electron chi connectivity index (χ1n) is 10.1. The minimum atomic E-state index is -0.459. The molecular formula is C22H30O4S. The van der Waals surface area contributed by atoms with E-state index in [4.69, 9.17) is 8.83 Å². The maximum atomic E-state index is 11.2. The molecule has 5 heteroatoms. The lowest BCUT2D eigenvalue weighted by Gasteiger charge is -2.50. The molecule has 2 aromatic rings. The average molecular weight is 391 g/mol. The molecule has 4 atom stereocenters. The Balaban J connectivity index is 1.81. The molecule has 0 radical (unpaired) electrons. The molecule has 2 aliphatic rings. The maximum absolute atomic E-state index is 11.2. The Morgan fingerprint density at radius 3 is 1.59 bits per heavy atom. The SMILES string of the molecule is Cc1cc(C2(SC3(c4coc(C)c4)CCCCC3O)CCCCC2O)co1. The second-order valence-corrected chi connectivity index (χ2v) is 9.96. The van der Waals surface area contributed by atoms with Gasteiger partial charge in [0.1, 0.15) is 11.5 Å². The van der Waals surface area contributed by atoms with Crippen molar-refractivity contribution in [1.82, 2.24) is 0 Å². The highest BCUT2D eigenvalue weighted by molar-refractivity contribution is 8.01. The van der Waals surface area contributed by atoms with Crippen molar-refractivity contribution in [3.8, 4) is 0 Å². The molecular weight excluding hydrogens is 360 g/mol. The molecule has 27 heavy (non-hydrogen) atoms. The molecule has 0 aromatic carbocycles. The summed E-state index contributed by atoms with van der Waals surface area (Å²) in [6.45, 7) is 3.89. The van der Waals surface area contributed by atoms with Crippen molar-refractivity contribution in [2.45, 2.75) is 86.9 Å². The molecule has 0 spiro atoms. The van der Waals surface area contributed by atoms with Crippen LogP contribution < -0.4 is 0 Å². The Hall–Kier alpha value is -1.17. The van der Waals surface area contributed by atoms with Gasteiger partial charge in [-0.05, 0) is 51.7 Å². The maximum Gasteiger partial charge on any atom is 0.101 e. The molecule has 2 heterocycles. The van der Waals surface area contributed by atoms with Crippen LogP contribution in [0, 0.1) is 13.8 Å². The molecule has 4 nitrogen and oxygen atoms in total. The van der Waals surface area contributed by atoms with Gasteiger partial charge in [-0.25, -0.2) is 0 Å². The van der Waals surface area contributed by atoms with Crippen LogP contribution in [-0.4, -0.2) is 22.4 Å². The Bertz CT molecular complexity index is 717. The standard InChI is InChI=1S/C22H30O4S/c1-15-11-17(13-25-15)21(9-5-3-7-19(21)23)27-22(10-6-4-8-20(22)24)18-12-16(2)26-14-18/h11-14,19-20,23-24H,3-10H2,1-2H3. The zero-order valence-corrected chi connectivity index (χ0v) is 17.1. The Morgan fingerprint density at radius 1 is 0.815 bits per heavy atom. The van der Waals surface area contributed by atoms with E-state index in [2.05, 4.69) is 12.1 Å². The van der Waals surface area contributed by atoms with E-state index < -0.39 is 21.7 Å². The van der Waals surface area contributed by atoms with Crippen LogP contribution in [0.5, 0.6) is 0 Å². The van der Waals surface area contributed by atoms with E-state index in [9.17, 15) is 10.2 Å². The van der Waals surface area contributed by atoms with E-state index >= 15 is 0 Å². The molecule has 2 N–H and O–H groups in total. The fourth-order valence-electron chi connectivity index (χ4n) is 4.94. The van der Waals surface area contributed by atoms with Gasteiger partial charge in [-0.1, -0.05) is 25.7 Å². The van der Waals surface area contributed by atoms with Gasteiger partial charge in [-0.15, -0.1) is 11.8 Å². The highest BCUT2D eigenvalue weighted by Gasteiger charge is 2.53. The van der Waals surface area contributed by atoms with E-state index in [1.54, 1.807) is 24.3 Å². The van der Waals surface area contributed by atoms with Gasteiger partial charge in [0, 0.05) is 11.1 Å². The Labute approximate surface area is 165 Å². The van der Waals surface area contributed by atoms with Gasteiger partial charge in [-0.3, -0.25) is 0 Å². The normalized spacial score (nSPS) is 34.7. The monoisotopic (exact) mass is 390 g/mol. The second-order valence-electron chi connectivity index (χ2n) is 8.30. The average Bonchev–Trinajstić information content (AvgIpc) is 3.28. The molecule has 2 aliphatic carbocycles. The number of rotatable bonds is 4. The zero-order chi connectivity index (χ0) is 19.1. The van der Waals surface area contributed by atoms with E-state index in [-0.39, 0.29) is 0 Å². The van der Waals surface area contributed by atoms with Crippen molar-refractivity contribution in [1.29, 1.82) is 0 Å². The summed E-state index contributed by atoms with van der Waals surface area (Å²) >= 11 is 1.77. The third-order valence-electron chi connectivity index (χ3n) is 6.43. The fourth-order valence-corrected chi connectivity index (χ4v) is 7.04. The van der Waals surface area contributed by atoms with E-state index in [0.29, 0.717) is 0 Å². The van der Waals surface area contributed by atoms with E-state index in [0.717, 1.165) is 74.0 Å². The molecule has 2 saturated carbocycles. The van der Waals surface area contributed by atoms with Crippen molar-refractivity contribution in [2.75, 3.05) is 0 Å². The van der Waals surface area contributed by atoms with Gasteiger partial charge in [0.05, 0.1) is 34.2 Å². The highest BCUT2D eigenvalue weighted by atomic mass is 32.2. The van der Waals surface area contributed by atoms with Crippen LogP contribution in [0.25, 0.3) is 0 Å². The third-order valence-corrected chi connectivity index (χ3v) is 8.58. The molecule has 4 unspecified atom stereocenters. The highest BCUT2D eigenvalue weighted by Crippen LogP contribution is 2.60. The lowest BCUT2D eigenvalue weighted by Crippen LogP contribution is -2.48. The van der Waals surface area contributed by atoms with Gasteiger partial charge < -0.3 is 19.0 Å². The first-order chi connectivity index (χ1) is 13.0. The Kier molecular flexibility index (Phi) is 5.21. The van der Waals surface area contributed by atoms with Crippen LogP contribution in [-0.2, 0) is 9.49 Å². The lowest BCUT2D eigenvalue weighted by atomic mass is 9.80. The fraction of sp³-hybridized carbons (Fsp3) is 0.636. The van der Waals surface area contributed by atoms with E-state index in [1.165, 1.54) is 0 Å². The van der Waals surface area contributed by atoms with Crippen LogP contribution >= 0.6 is 11.8 Å². The number of aliphatic hydroxyl groups is 2. The quantitative estimate of drug-likeness (QED) is 0.753. The summed E-state index contributed by atoms with van der Waals surface area (Å²) in [7, 11) is 0. The first kappa shape index (κ1) is 19.2. The molecule has 0 aliphatic heterocycles. The number of aryl methyl sites for hydroxylation is 2. The Morgan fingerprint density at radius 2 is 1.26 bits per heavy atom. The zero-order valence-electron chi connectivity index (χ0n) is 16.2. The van der Waals surface area contributed by atoms with Crippen molar-refractivity contribution in [3.63, 3.8) is 0 Å². The summed E-state index contributed by atoms with van der Waals surface area (Å²) < 4.78 is 10.4. The second kappa shape index (κ2) is 7.34. The first-order valence-corrected chi connectivity index (χ1v) is 11.0. The van der Waals surface area contributed by atoms with Gasteiger partial charge in [-0.2, -0.15) is 0 Å². The number of furan rings is 2. The van der Waals surface area contributed by atoms with Crippen LogP contribution in [0.2, 0.25) is 0 Å². The molecule has 2 fully saturated rings. The van der Waals surface area contributed by atoms with Gasteiger partial charge in [0.15, 0.2) is 0 Å². The van der Waals surface area contributed by atoms with Crippen LogP contribution in [0.4, 0.5) is 0 Å². The van der Waals surface area contributed by atoms with E-state index in [1.807, 2.05) is 13.8 Å². The summed E-state index contributed by atoms with van der Waals surface area (Å²) in [5, 5.41) is 22.4. The summed E-state index contributed by atoms with van der Waals surface area (Å²) in [6.07, 6.45) is 10.3. The summed E-state index contributed by atoms with van der Waals surface area (Å²) in [6, 6.07) is 4.12. The molecule has 0 bridgehead atoms. The van der Waals surface area contributed by atoms with Crippen LogP contribution in [0.15, 0.2) is 33.5 Å². The lowest BCUT2D eigenvalue weighted by molar-refractivity contribution is 0.0732. The van der Waals surface area contributed by atoms with Crippen molar-refractivity contribution in [3.05, 3.63) is 47.3 Å². The van der Waals surface area contributed by atoms with Crippen molar-refractivity contribution < 1.29 is 19.0 Å². The summed E-state index contributed by atoms with van der Waals surface area (Å²) in [5.74, 6) is 1.72. The predicted molar refractivity (Wildman–Crippen MR) is 107 cm³/mol. The topological polar surface area (TPSA) is 66.7 Å². The summed E-state index contributed by atoms with van der Waals surface area (Å²) in [4.78, 5) is 0. The molecule has 0 saturated heterocycles. The van der Waals surface area contributed by atoms with Crippen LogP contribution in [0.1, 0.15) is 74.0 Å². The minimum Gasteiger partial charge on any atom is -0.469 e. The third kappa shape index (κ3) is 3.28. The molecule has 4 rings (SSSR count). The van der Waals surface area contributed by atoms with Gasteiger partial charge >= 0.3 is 0 Å². The number of hydrogen-bond donors (Lipinski definition) is 2. The van der Waals surface area contributed by atoms with Gasteiger partial charge in [0.25, 0.3) is 0 Å². The van der Waals surface area contributed by atoms with Crippen molar-refractivity contribution in [2.24, 2.45) is 0 Å². The molecule has 0 amide bonds. The number of aliphatic hydroxyl groups excluding tert-OH is 2. The van der Waals surface area contributed by atoms with Gasteiger partial charge in [0.2, 0.25) is 0 Å². The minimum absolute atomic E-state index is 0.452. The largest absolute Gasteiger partial charge is 0.469 e. The molecule has 148 valence electrons. The molecule has 2 aromatic heterocycles. The van der Waals surface area contributed by atoms with Crippen molar-refractivity contribution >= 4 is 11.8 Å². The predicted octanol–water partition coefficient (Wildman–Crippen LogP) is 5.18. The number of hydrogen-bond acceptors (Lipinski definition) is 5.